The van der Waals surface area contributed by atoms with Crippen LogP contribution >= 0.6 is 0 Å². The number of aromatic nitrogens is 1. The van der Waals surface area contributed by atoms with Gasteiger partial charge in [-0.1, -0.05) is 31.5 Å². The highest BCUT2D eigenvalue weighted by molar-refractivity contribution is 5.90. The van der Waals surface area contributed by atoms with Crippen LogP contribution in [0.15, 0.2) is 30.5 Å². The summed E-state index contributed by atoms with van der Waals surface area (Å²) in [5, 5.41) is 1.12. The van der Waals surface area contributed by atoms with E-state index in [0.29, 0.717) is 0 Å². The van der Waals surface area contributed by atoms with Gasteiger partial charge in [0.25, 0.3) is 0 Å². The molecule has 0 saturated heterocycles. The highest BCUT2D eigenvalue weighted by Crippen LogP contribution is 2.23. The molecule has 2 heteroatoms. The van der Waals surface area contributed by atoms with Crippen molar-refractivity contribution in [3.8, 4) is 0 Å². The van der Waals surface area contributed by atoms with Gasteiger partial charge in [-0.2, -0.15) is 0 Å². The zero-order chi connectivity index (χ0) is 10.7. The van der Waals surface area contributed by atoms with Crippen molar-refractivity contribution < 1.29 is 0 Å². The summed E-state index contributed by atoms with van der Waals surface area (Å²) in [7, 11) is 0. The maximum atomic E-state index is 6.10. The van der Waals surface area contributed by atoms with E-state index in [2.05, 4.69) is 24.0 Å². The quantitative estimate of drug-likeness (QED) is 0.773. The van der Waals surface area contributed by atoms with Crippen LogP contribution in [0.1, 0.15) is 25.3 Å². The molecule has 0 atom stereocenters. The van der Waals surface area contributed by atoms with Crippen molar-refractivity contribution in [3.05, 3.63) is 36.0 Å². The number of nitrogen functional groups attached to an aromatic ring is 1. The van der Waals surface area contributed by atoms with Crippen LogP contribution in [0, 0.1) is 0 Å². The zero-order valence-electron chi connectivity index (χ0n) is 9.03. The maximum absolute atomic E-state index is 6.10. The number of hydrogen-bond donors (Lipinski definition) is 1. The Kier molecular flexibility index (Phi) is 2.86. The number of anilines is 1. The Morgan fingerprint density at radius 3 is 2.93 bits per heavy atom. The molecule has 0 saturated carbocycles. The molecule has 1 aromatic heterocycles. The smallest absolute Gasteiger partial charge is 0.0933 e. The minimum atomic E-state index is 0.849. The van der Waals surface area contributed by atoms with Crippen LogP contribution in [0.3, 0.4) is 0 Å². The molecule has 2 rings (SSSR count). The Hall–Kier alpha value is -1.57. The highest BCUT2D eigenvalue weighted by atomic mass is 14.7. The van der Waals surface area contributed by atoms with Gasteiger partial charge in [0.15, 0.2) is 0 Å². The van der Waals surface area contributed by atoms with E-state index < -0.39 is 0 Å². The van der Waals surface area contributed by atoms with Gasteiger partial charge in [-0.15, -0.1) is 0 Å². The van der Waals surface area contributed by atoms with Crippen LogP contribution in [-0.4, -0.2) is 4.98 Å². The summed E-state index contributed by atoms with van der Waals surface area (Å²) in [4.78, 5) is 4.32. The minimum absolute atomic E-state index is 0.849. The van der Waals surface area contributed by atoms with Gasteiger partial charge >= 0.3 is 0 Å². The second-order valence-corrected chi connectivity index (χ2v) is 3.82. The molecule has 0 unspecified atom stereocenters. The lowest BCUT2D eigenvalue weighted by atomic mass is 10.0. The SMILES string of the molecule is CCCCc1ccc2cccnc2c1N. The fraction of sp³-hybridized carbons (Fsp3) is 0.308. The third kappa shape index (κ3) is 1.94. The second-order valence-electron chi connectivity index (χ2n) is 3.82. The van der Waals surface area contributed by atoms with E-state index in [1.807, 2.05) is 12.1 Å². The largest absolute Gasteiger partial charge is 0.397 e. The molecular formula is C13H16N2. The van der Waals surface area contributed by atoms with Crippen molar-refractivity contribution in [1.29, 1.82) is 0 Å². The third-order valence-corrected chi connectivity index (χ3v) is 2.70. The van der Waals surface area contributed by atoms with Crippen molar-refractivity contribution in [3.63, 3.8) is 0 Å². The average molecular weight is 200 g/mol. The first kappa shape index (κ1) is 9.97. The van der Waals surface area contributed by atoms with Crippen LogP contribution in [0.5, 0.6) is 0 Å². The van der Waals surface area contributed by atoms with E-state index in [-0.39, 0.29) is 0 Å². The molecule has 2 N–H and O–H groups in total. The molecule has 15 heavy (non-hydrogen) atoms. The second kappa shape index (κ2) is 4.30. The third-order valence-electron chi connectivity index (χ3n) is 2.70. The average Bonchev–Trinajstić information content (AvgIpc) is 2.29. The number of nitrogens with two attached hydrogens (primary N) is 1. The summed E-state index contributed by atoms with van der Waals surface area (Å²) in [6.07, 6.45) is 5.22. The highest BCUT2D eigenvalue weighted by Gasteiger charge is 2.04. The van der Waals surface area contributed by atoms with Gasteiger partial charge in [0.05, 0.1) is 11.2 Å². The molecule has 0 fully saturated rings. The standard InChI is InChI=1S/C13H16N2/c1-2-3-5-10-7-8-11-6-4-9-15-13(11)12(10)14/h4,6-9H,2-3,5,14H2,1H3. The number of pyridine rings is 1. The Balaban J connectivity index is 2.45. The molecule has 0 aliphatic carbocycles. The molecule has 0 bridgehead atoms. The van der Waals surface area contributed by atoms with Crippen LogP contribution in [0.2, 0.25) is 0 Å². The lowest BCUT2D eigenvalue weighted by Crippen LogP contribution is -1.96. The summed E-state index contributed by atoms with van der Waals surface area (Å²) in [5.74, 6) is 0. The van der Waals surface area contributed by atoms with Crippen LogP contribution in [-0.2, 0) is 6.42 Å². The minimum Gasteiger partial charge on any atom is -0.397 e. The summed E-state index contributed by atoms with van der Waals surface area (Å²) >= 11 is 0. The van der Waals surface area contributed by atoms with Crippen molar-refractivity contribution in [1.82, 2.24) is 4.98 Å². The Labute approximate surface area is 90.1 Å². The van der Waals surface area contributed by atoms with Crippen molar-refractivity contribution in [2.75, 3.05) is 5.73 Å². The molecule has 0 spiro atoms. The van der Waals surface area contributed by atoms with Gasteiger partial charge in [0.1, 0.15) is 0 Å². The number of benzene rings is 1. The van der Waals surface area contributed by atoms with E-state index in [1.165, 1.54) is 18.4 Å². The fourth-order valence-corrected chi connectivity index (χ4v) is 1.79. The number of rotatable bonds is 3. The lowest BCUT2D eigenvalue weighted by Gasteiger charge is -2.07. The molecule has 2 nitrogen and oxygen atoms in total. The van der Waals surface area contributed by atoms with Gasteiger partial charge in [-0.25, -0.2) is 0 Å². The molecular weight excluding hydrogens is 184 g/mol. The van der Waals surface area contributed by atoms with Gasteiger partial charge in [-0.05, 0) is 24.5 Å². The molecule has 2 aromatic rings. The summed E-state index contributed by atoms with van der Waals surface area (Å²) in [6.45, 7) is 2.19. The molecule has 78 valence electrons. The van der Waals surface area contributed by atoms with E-state index in [0.717, 1.165) is 23.0 Å². The molecule has 1 heterocycles. The molecule has 1 aromatic carbocycles. The van der Waals surface area contributed by atoms with E-state index in [9.17, 15) is 0 Å². The van der Waals surface area contributed by atoms with E-state index in [4.69, 9.17) is 5.73 Å². The summed E-state index contributed by atoms with van der Waals surface area (Å²) in [5.41, 5.74) is 9.11. The topological polar surface area (TPSA) is 38.9 Å². The number of hydrogen-bond acceptors (Lipinski definition) is 2. The zero-order valence-corrected chi connectivity index (χ0v) is 9.03. The summed E-state index contributed by atoms with van der Waals surface area (Å²) in [6, 6.07) is 8.20. The molecule has 0 aliphatic rings. The van der Waals surface area contributed by atoms with Crippen molar-refractivity contribution >= 4 is 16.6 Å². The van der Waals surface area contributed by atoms with Crippen LogP contribution < -0.4 is 5.73 Å². The number of nitrogens with zero attached hydrogens (tertiary/aromatic N) is 1. The van der Waals surface area contributed by atoms with Crippen LogP contribution in [0.25, 0.3) is 10.9 Å². The van der Waals surface area contributed by atoms with Gasteiger partial charge < -0.3 is 5.73 Å². The first-order chi connectivity index (χ1) is 7.33. The van der Waals surface area contributed by atoms with E-state index in [1.54, 1.807) is 6.20 Å². The predicted octanol–water partition coefficient (Wildman–Crippen LogP) is 3.16. The van der Waals surface area contributed by atoms with Gasteiger partial charge in [0, 0.05) is 11.6 Å². The number of aryl methyl sites for hydroxylation is 1. The predicted molar refractivity (Wildman–Crippen MR) is 64.8 cm³/mol. The fourth-order valence-electron chi connectivity index (χ4n) is 1.79. The molecule has 0 aliphatic heterocycles. The van der Waals surface area contributed by atoms with Crippen LogP contribution in [0.4, 0.5) is 5.69 Å². The normalized spacial score (nSPS) is 10.7. The van der Waals surface area contributed by atoms with Gasteiger partial charge in [-0.3, -0.25) is 4.98 Å². The Bertz CT molecular complexity index is 463. The molecule has 0 amide bonds. The van der Waals surface area contributed by atoms with Crippen molar-refractivity contribution in [2.24, 2.45) is 0 Å². The number of unbranched alkanes of at least 4 members (excludes halogenated alkanes) is 1. The first-order valence-corrected chi connectivity index (χ1v) is 5.45. The maximum Gasteiger partial charge on any atom is 0.0933 e. The number of fused-ring (bicyclic) bond motifs is 1. The monoisotopic (exact) mass is 200 g/mol. The first-order valence-electron chi connectivity index (χ1n) is 5.45. The lowest BCUT2D eigenvalue weighted by molar-refractivity contribution is 0.797. The Morgan fingerprint density at radius 2 is 2.13 bits per heavy atom. The molecule has 0 radical (unpaired) electrons. The van der Waals surface area contributed by atoms with Crippen molar-refractivity contribution in [2.45, 2.75) is 26.2 Å². The van der Waals surface area contributed by atoms with E-state index >= 15 is 0 Å². The Morgan fingerprint density at radius 1 is 1.27 bits per heavy atom. The van der Waals surface area contributed by atoms with Gasteiger partial charge in [0.2, 0.25) is 0 Å². The summed E-state index contributed by atoms with van der Waals surface area (Å²) < 4.78 is 0.